The second-order valence-corrected chi connectivity index (χ2v) is 6.05. The second kappa shape index (κ2) is 6.58. The van der Waals surface area contributed by atoms with Crippen LogP contribution in [0.25, 0.3) is 0 Å². The van der Waals surface area contributed by atoms with Gasteiger partial charge in [0, 0.05) is 23.0 Å². The quantitative estimate of drug-likeness (QED) is 0.937. The molecule has 21 heavy (non-hydrogen) atoms. The van der Waals surface area contributed by atoms with Gasteiger partial charge in [0.25, 0.3) is 0 Å². The summed E-state index contributed by atoms with van der Waals surface area (Å²) in [5.41, 5.74) is 0.561. The number of hydrogen-bond donors (Lipinski definition) is 1. The molecule has 0 spiro atoms. The number of hydrogen-bond acceptors (Lipinski definition) is 4. The molecule has 1 atom stereocenters. The second-order valence-electron chi connectivity index (χ2n) is 4.73. The number of carbonyl (C=O) groups excluding carboxylic acids is 1. The highest BCUT2D eigenvalue weighted by Crippen LogP contribution is 2.27. The molecule has 2 rings (SSSR count). The summed E-state index contributed by atoms with van der Waals surface area (Å²) in [6, 6.07) is 7.44. The van der Waals surface area contributed by atoms with Crippen molar-refractivity contribution in [2.24, 2.45) is 0 Å². The summed E-state index contributed by atoms with van der Waals surface area (Å²) < 4.78 is 5.13. The van der Waals surface area contributed by atoms with Crippen molar-refractivity contribution in [3.05, 3.63) is 40.2 Å². The first-order valence-corrected chi connectivity index (χ1v) is 7.43. The van der Waals surface area contributed by atoms with Crippen LogP contribution >= 0.6 is 11.3 Å². The van der Waals surface area contributed by atoms with Gasteiger partial charge in [-0.25, -0.2) is 9.78 Å². The molecule has 2 aromatic rings. The van der Waals surface area contributed by atoms with Crippen molar-refractivity contribution in [1.82, 2.24) is 9.88 Å². The summed E-state index contributed by atoms with van der Waals surface area (Å²) in [5.74, 6) is 0.402. The van der Waals surface area contributed by atoms with E-state index in [0.29, 0.717) is 11.6 Å². The number of anilines is 1. The summed E-state index contributed by atoms with van der Waals surface area (Å²) >= 11 is 1.70. The largest absolute Gasteiger partial charge is 0.480 e. The fourth-order valence-corrected chi connectivity index (χ4v) is 2.87. The Labute approximate surface area is 128 Å². The van der Waals surface area contributed by atoms with Gasteiger partial charge in [-0.3, -0.25) is 0 Å². The van der Waals surface area contributed by atoms with Gasteiger partial charge in [-0.15, -0.1) is 11.3 Å². The molecule has 6 heteroatoms. The molecule has 0 radical (unpaired) electrons. The molecule has 0 unspecified atom stereocenters. The van der Waals surface area contributed by atoms with Crippen molar-refractivity contribution in [1.29, 1.82) is 0 Å². The number of aryl methyl sites for hydroxylation is 1. The van der Waals surface area contributed by atoms with Gasteiger partial charge in [0.05, 0.1) is 13.2 Å². The van der Waals surface area contributed by atoms with Crippen LogP contribution in [-0.2, 0) is 0 Å². The average molecular weight is 305 g/mol. The van der Waals surface area contributed by atoms with Gasteiger partial charge in [0.15, 0.2) is 0 Å². The number of amides is 2. The van der Waals surface area contributed by atoms with Crippen LogP contribution in [0.2, 0.25) is 0 Å². The zero-order chi connectivity index (χ0) is 15.4. The van der Waals surface area contributed by atoms with Crippen molar-refractivity contribution < 1.29 is 9.53 Å². The van der Waals surface area contributed by atoms with E-state index in [4.69, 9.17) is 4.74 Å². The Hall–Kier alpha value is -2.08. The molecule has 0 aliphatic rings. The third kappa shape index (κ3) is 3.52. The minimum absolute atomic E-state index is 0.00589. The maximum absolute atomic E-state index is 12.3. The van der Waals surface area contributed by atoms with E-state index in [9.17, 15) is 4.79 Å². The van der Waals surface area contributed by atoms with Crippen LogP contribution in [0.15, 0.2) is 30.5 Å². The SMILES string of the molecule is COc1ncccc1NC(=O)N(C)[C@@H](C)c1ccc(C)s1. The Morgan fingerprint density at radius 3 is 2.81 bits per heavy atom. The van der Waals surface area contributed by atoms with Gasteiger partial charge in [-0.1, -0.05) is 0 Å². The zero-order valence-corrected chi connectivity index (χ0v) is 13.4. The number of ether oxygens (including phenoxy) is 1. The summed E-state index contributed by atoms with van der Waals surface area (Å²) in [6.07, 6.45) is 1.62. The normalized spacial score (nSPS) is 11.8. The predicted molar refractivity (Wildman–Crippen MR) is 85.0 cm³/mol. The van der Waals surface area contributed by atoms with Crippen molar-refractivity contribution in [2.45, 2.75) is 19.9 Å². The van der Waals surface area contributed by atoms with Crippen LogP contribution < -0.4 is 10.1 Å². The summed E-state index contributed by atoms with van der Waals surface area (Å²) in [4.78, 5) is 20.5. The number of nitrogens with one attached hydrogen (secondary N) is 1. The number of carbonyl (C=O) groups is 1. The first-order chi connectivity index (χ1) is 10.0. The molecular formula is C15H19N3O2S. The van der Waals surface area contributed by atoms with E-state index in [1.54, 1.807) is 41.6 Å². The molecule has 0 saturated heterocycles. The summed E-state index contributed by atoms with van der Waals surface area (Å²) in [5, 5.41) is 2.82. The minimum Gasteiger partial charge on any atom is -0.480 e. The third-order valence-electron chi connectivity index (χ3n) is 3.28. The lowest BCUT2D eigenvalue weighted by Gasteiger charge is -2.24. The smallest absolute Gasteiger partial charge is 0.322 e. The van der Waals surface area contributed by atoms with Crippen molar-refractivity contribution >= 4 is 23.1 Å². The van der Waals surface area contributed by atoms with Crippen molar-refractivity contribution in [3.8, 4) is 5.88 Å². The first kappa shape index (κ1) is 15.3. The highest BCUT2D eigenvalue weighted by atomic mass is 32.1. The number of urea groups is 1. The molecular weight excluding hydrogens is 286 g/mol. The topological polar surface area (TPSA) is 54.5 Å². The molecule has 0 saturated carbocycles. The van der Waals surface area contributed by atoms with E-state index >= 15 is 0 Å². The summed E-state index contributed by atoms with van der Waals surface area (Å²) in [6.45, 7) is 4.06. The Balaban J connectivity index is 2.09. The molecule has 112 valence electrons. The molecule has 5 nitrogen and oxygen atoms in total. The fraction of sp³-hybridized carbons (Fsp3) is 0.333. The first-order valence-electron chi connectivity index (χ1n) is 6.62. The molecule has 0 aromatic carbocycles. The lowest BCUT2D eigenvalue weighted by Crippen LogP contribution is -2.33. The van der Waals surface area contributed by atoms with Crippen LogP contribution in [-0.4, -0.2) is 30.1 Å². The molecule has 2 heterocycles. The predicted octanol–water partition coefficient (Wildman–Crippen LogP) is 3.69. The van der Waals surface area contributed by atoms with Crippen LogP contribution in [0.5, 0.6) is 5.88 Å². The number of pyridine rings is 1. The monoisotopic (exact) mass is 305 g/mol. The number of methoxy groups -OCH3 is 1. The molecule has 0 bridgehead atoms. The highest BCUT2D eigenvalue weighted by molar-refractivity contribution is 7.12. The Morgan fingerprint density at radius 1 is 1.43 bits per heavy atom. The highest BCUT2D eigenvalue weighted by Gasteiger charge is 2.19. The van der Waals surface area contributed by atoms with Crippen LogP contribution in [0, 0.1) is 6.92 Å². The number of nitrogens with zero attached hydrogens (tertiary/aromatic N) is 2. The van der Waals surface area contributed by atoms with Crippen LogP contribution in [0.4, 0.5) is 10.5 Å². The lowest BCUT2D eigenvalue weighted by atomic mass is 10.2. The van der Waals surface area contributed by atoms with E-state index < -0.39 is 0 Å². The number of thiophene rings is 1. The zero-order valence-electron chi connectivity index (χ0n) is 12.6. The molecule has 0 aliphatic carbocycles. The molecule has 2 amide bonds. The number of rotatable bonds is 4. The number of aromatic nitrogens is 1. The van der Waals surface area contributed by atoms with Gasteiger partial charge in [0.2, 0.25) is 5.88 Å². The van der Waals surface area contributed by atoms with Gasteiger partial charge < -0.3 is 15.0 Å². The summed E-state index contributed by atoms with van der Waals surface area (Å²) in [7, 11) is 3.30. The van der Waals surface area contributed by atoms with Crippen molar-refractivity contribution in [3.63, 3.8) is 0 Å². The van der Waals surface area contributed by atoms with Gasteiger partial charge in [-0.05, 0) is 38.1 Å². The maximum atomic E-state index is 12.3. The minimum atomic E-state index is -0.195. The van der Waals surface area contributed by atoms with Gasteiger partial charge in [0.1, 0.15) is 5.69 Å². The molecule has 0 fully saturated rings. The molecule has 2 aromatic heterocycles. The van der Waals surface area contributed by atoms with E-state index in [1.165, 1.54) is 12.0 Å². The van der Waals surface area contributed by atoms with E-state index in [1.807, 2.05) is 6.92 Å². The van der Waals surface area contributed by atoms with E-state index in [2.05, 4.69) is 29.4 Å². The van der Waals surface area contributed by atoms with Crippen LogP contribution in [0.1, 0.15) is 22.7 Å². The Kier molecular flexibility index (Phi) is 4.80. The van der Waals surface area contributed by atoms with Crippen LogP contribution in [0.3, 0.4) is 0 Å². The van der Waals surface area contributed by atoms with E-state index in [-0.39, 0.29) is 12.1 Å². The fourth-order valence-electron chi connectivity index (χ4n) is 1.90. The standard InChI is InChI=1S/C15H19N3O2S/c1-10-7-8-13(21-10)11(2)18(3)15(19)17-12-6-5-9-16-14(12)20-4/h5-9,11H,1-4H3,(H,17,19)/t11-/m0/s1. The Bertz CT molecular complexity index is 627. The van der Waals surface area contributed by atoms with E-state index in [0.717, 1.165) is 4.88 Å². The lowest BCUT2D eigenvalue weighted by molar-refractivity contribution is 0.209. The molecule has 1 N–H and O–H groups in total. The average Bonchev–Trinajstić information content (AvgIpc) is 2.92. The maximum Gasteiger partial charge on any atom is 0.322 e. The van der Waals surface area contributed by atoms with Crippen molar-refractivity contribution in [2.75, 3.05) is 19.5 Å². The third-order valence-corrected chi connectivity index (χ3v) is 4.45. The molecule has 0 aliphatic heterocycles. The Morgan fingerprint density at radius 2 is 2.19 bits per heavy atom. The van der Waals surface area contributed by atoms with Gasteiger partial charge in [-0.2, -0.15) is 0 Å². The van der Waals surface area contributed by atoms with Gasteiger partial charge >= 0.3 is 6.03 Å².